The number of carbonyl (C=O) groups is 2. The van der Waals surface area contributed by atoms with Gasteiger partial charge in [0.05, 0.1) is 17.1 Å². The number of amides is 2. The summed E-state index contributed by atoms with van der Waals surface area (Å²) in [6.07, 6.45) is 0. The highest BCUT2D eigenvalue weighted by Crippen LogP contribution is 2.36. The average Bonchev–Trinajstić information content (AvgIpc) is 3.28. The van der Waals surface area contributed by atoms with E-state index in [1.54, 1.807) is 18.2 Å². The number of nitrogens with one attached hydrogen (secondary N) is 2. The Labute approximate surface area is 178 Å². The van der Waals surface area contributed by atoms with Gasteiger partial charge < -0.3 is 20.1 Å². The average molecular weight is 448 g/mol. The van der Waals surface area contributed by atoms with Gasteiger partial charge in [-0.3, -0.25) is 9.59 Å². The molecule has 2 aromatic carbocycles. The summed E-state index contributed by atoms with van der Waals surface area (Å²) in [4.78, 5) is 25.4. The van der Waals surface area contributed by atoms with E-state index in [0.29, 0.717) is 35.7 Å². The lowest BCUT2D eigenvalue weighted by Crippen LogP contribution is -2.32. The Kier molecular flexibility index (Phi) is 5.81. The van der Waals surface area contributed by atoms with Crippen LogP contribution in [0.25, 0.3) is 10.4 Å². The third-order valence-electron chi connectivity index (χ3n) is 4.38. The molecule has 0 fully saturated rings. The Bertz CT molecular complexity index is 1170. The SMILES string of the molecule is O=C(CNC(=O)c1ccc(-c2ccc3c(c2)OCCO3)s1)Nc1ccc(F)c(F)c1F. The third-order valence-corrected chi connectivity index (χ3v) is 5.51. The zero-order valence-corrected chi connectivity index (χ0v) is 16.7. The second-order valence-corrected chi connectivity index (χ2v) is 7.56. The standard InChI is InChI=1S/C21H15F3N2O4S/c22-12-2-3-13(20(24)19(12)23)26-18(27)10-25-21(28)17-6-5-16(31-17)11-1-4-14-15(9-11)30-8-7-29-14/h1-6,9H,7-8,10H2,(H,25,28)(H,26,27). The summed E-state index contributed by atoms with van der Waals surface area (Å²) in [7, 11) is 0. The van der Waals surface area contributed by atoms with E-state index in [1.165, 1.54) is 11.3 Å². The van der Waals surface area contributed by atoms with Gasteiger partial charge in [0.1, 0.15) is 13.2 Å². The molecule has 6 nitrogen and oxygen atoms in total. The minimum absolute atomic E-state index is 0.358. The number of halogens is 3. The van der Waals surface area contributed by atoms with Gasteiger partial charge in [0, 0.05) is 4.88 Å². The van der Waals surface area contributed by atoms with E-state index in [9.17, 15) is 22.8 Å². The highest BCUT2D eigenvalue weighted by Gasteiger charge is 2.17. The van der Waals surface area contributed by atoms with Gasteiger partial charge in [-0.1, -0.05) is 0 Å². The molecule has 0 unspecified atom stereocenters. The number of rotatable bonds is 5. The van der Waals surface area contributed by atoms with E-state index < -0.39 is 41.5 Å². The normalized spacial score (nSPS) is 12.4. The molecule has 4 rings (SSSR count). The van der Waals surface area contributed by atoms with Crippen molar-refractivity contribution in [2.24, 2.45) is 0 Å². The second kappa shape index (κ2) is 8.68. The van der Waals surface area contributed by atoms with Crippen LogP contribution in [0.3, 0.4) is 0 Å². The molecular weight excluding hydrogens is 433 g/mol. The fourth-order valence-corrected chi connectivity index (χ4v) is 3.79. The van der Waals surface area contributed by atoms with Crippen LogP contribution in [0, 0.1) is 17.5 Å². The number of carbonyl (C=O) groups excluding carboxylic acids is 2. The largest absolute Gasteiger partial charge is 0.486 e. The first-order valence-corrected chi connectivity index (χ1v) is 9.95. The summed E-state index contributed by atoms with van der Waals surface area (Å²) in [5.41, 5.74) is 0.329. The fourth-order valence-electron chi connectivity index (χ4n) is 2.88. The van der Waals surface area contributed by atoms with Crippen molar-refractivity contribution in [1.82, 2.24) is 5.32 Å². The fraction of sp³-hybridized carbons (Fsp3) is 0.143. The minimum Gasteiger partial charge on any atom is -0.486 e. The molecule has 31 heavy (non-hydrogen) atoms. The van der Waals surface area contributed by atoms with Crippen LogP contribution in [0.15, 0.2) is 42.5 Å². The number of benzene rings is 2. The van der Waals surface area contributed by atoms with Crippen LogP contribution in [0.2, 0.25) is 0 Å². The monoisotopic (exact) mass is 448 g/mol. The number of fused-ring (bicyclic) bond motifs is 1. The summed E-state index contributed by atoms with van der Waals surface area (Å²) >= 11 is 1.22. The lowest BCUT2D eigenvalue weighted by Gasteiger charge is -2.18. The molecule has 10 heteroatoms. The zero-order chi connectivity index (χ0) is 22.0. The second-order valence-electron chi connectivity index (χ2n) is 6.48. The van der Waals surface area contributed by atoms with E-state index in [4.69, 9.17) is 9.47 Å². The Balaban J connectivity index is 1.37. The molecule has 1 aromatic heterocycles. The predicted octanol–water partition coefficient (Wildman–Crippen LogP) is 3.97. The quantitative estimate of drug-likeness (QED) is 0.579. The Morgan fingerprint density at radius 2 is 1.71 bits per heavy atom. The summed E-state index contributed by atoms with van der Waals surface area (Å²) in [6, 6.07) is 10.4. The van der Waals surface area contributed by atoms with Crippen molar-refractivity contribution in [1.29, 1.82) is 0 Å². The van der Waals surface area contributed by atoms with Crippen LogP contribution in [0.1, 0.15) is 9.67 Å². The first kappa shape index (κ1) is 20.7. The summed E-state index contributed by atoms with van der Waals surface area (Å²) in [5.74, 6) is -4.57. The Morgan fingerprint density at radius 3 is 2.52 bits per heavy atom. The van der Waals surface area contributed by atoms with Gasteiger partial charge >= 0.3 is 0 Å². The van der Waals surface area contributed by atoms with Crippen molar-refractivity contribution in [3.63, 3.8) is 0 Å². The number of hydrogen-bond acceptors (Lipinski definition) is 5. The smallest absolute Gasteiger partial charge is 0.261 e. The van der Waals surface area contributed by atoms with E-state index in [-0.39, 0.29) is 0 Å². The molecule has 0 aliphatic carbocycles. The lowest BCUT2D eigenvalue weighted by atomic mass is 10.1. The molecule has 1 aliphatic heterocycles. The molecule has 0 bridgehead atoms. The molecule has 0 saturated heterocycles. The van der Waals surface area contributed by atoms with Crippen molar-refractivity contribution in [3.05, 3.63) is 64.8 Å². The van der Waals surface area contributed by atoms with Crippen LogP contribution >= 0.6 is 11.3 Å². The van der Waals surface area contributed by atoms with Crippen LogP contribution in [-0.2, 0) is 4.79 Å². The predicted molar refractivity (Wildman–Crippen MR) is 108 cm³/mol. The Hall–Kier alpha value is -3.53. The van der Waals surface area contributed by atoms with Crippen LogP contribution in [-0.4, -0.2) is 31.6 Å². The maximum absolute atomic E-state index is 13.6. The Morgan fingerprint density at radius 1 is 0.935 bits per heavy atom. The molecular formula is C21H15F3N2O4S. The number of anilines is 1. The molecule has 3 aromatic rings. The summed E-state index contributed by atoms with van der Waals surface area (Å²) in [6.45, 7) is 0.478. The molecule has 160 valence electrons. The molecule has 2 heterocycles. The molecule has 1 aliphatic rings. The van der Waals surface area contributed by atoms with Gasteiger partial charge in [-0.05, 0) is 48.0 Å². The molecule has 0 radical (unpaired) electrons. The third kappa shape index (κ3) is 4.48. The minimum atomic E-state index is -1.69. The molecule has 2 N–H and O–H groups in total. The van der Waals surface area contributed by atoms with Crippen molar-refractivity contribution < 1.29 is 32.2 Å². The maximum atomic E-state index is 13.6. The molecule has 2 amide bonds. The molecule has 0 saturated carbocycles. The maximum Gasteiger partial charge on any atom is 0.261 e. The van der Waals surface area contributed by atoms with Gasteiger partial charge in [0.2, 0.25) is 5.91 Å². The van der Waals surface area contributed by atoms with Crippen molar-refractivity contribution >= 4 is 28.8 Å². The van der Waals surface area contributed by atoms with Gasteiger partial charge in [-0.25, -0.2) is 13.2 Å². The topological polar surface area (TPSA) is 76.7 Å². The highest BCUT2D eigenvalue weighted by molar-refractivity contribution is 7.17. The number of ether oxygens (including phenoxy) is 2. The highest BCUT2D eigenvalue weighted by atomic mass is 32.1. The molecule has 0 atom stereocenters. The van der Waals surface area contributed by atoms with Crippen molar-refractivity contribution in [2.75, 3.05) is 25.1 Å². The van der Waals surface area contributed by atoms with E-state index in [2.05, 4.69) is 10.6 Å². The summed E-state index contributed by atoms with van der Waals surface area (Å²) in [5, 5.41) is 4.49. The van der Waals surface area contributed by atoms with Gasteiger partial charge in [-0.15, -0.1) is 11.3 Å². The first-order valence-electron chi connectivity index (χ1n) is 9.14. The van der Waals surface area contributed by atoms with Crippen LogP contribution in [0.5, 0.6) is 11.5 Å². The van der Waals surface area contributed by atoms with E-state index in [1.807, 2.05) is 12.1 Å². The molecule has 0 spiro atoms. The van der Waals surface area contributed by atoms with Crippen LogP contribution < -0.4 is 20.1 Å². The zero-order valence-electron chi connectivity index (χ0n) is 15.8. The van der Waals surface area contributed by atoms with Gasteiger partial charge in [0.15, 0.2) is 29.0 Å². The summed E-state index contributed by atoms with van der Waals surface area (Å²) < 4.78 is 50.9. The lowest BCUT2D eigenvalue weighted by molar-refractivity contribution is -0.115. The number of thiophene rings is 1. The van der Waals surface area contributed by atoms with E-state index >= 15 is 0 Å². The van der Waals surface area contributed by atoms with Crippen molar-refractivity contribution in [2.45, 2.75) is 0 Å². The van der Waals surface area contributed by atoms with Crippen LogP contribution in [0.4, 0.5) is 18.9 Å². The first-order chi connectivity index (χ1) is 14.9. The van der Waals surface area contributed by atoms with E-state index in [0.717, 1.165) is 16.5 Å². The van der Waals surface area contributed by atoms with Crippen molar-refractivity contribution in [3.8, 4) is 21.9 Å². The van der Waals surface area contributed by atoms with Gasteiger partial charge in [-0.2, -0.15) is 0 Å². The number of hydrogen-bond donors (Lipinski definition) is 2. The van der Waals surface area contributed by atoms with Gasteiger partial charge in [0.25, 0.3) is 5.91 Å².